The van der Waals surface area contributed by atoms with Crippen LogP contribution in [0.3, 0.4) is 0 Å². The molecule has 2 heterocycles. The summed E-state index contributed by atoms with van der Waals surface area (Å²) in [6.45, 7) is 2.67. The Hall–Kier alpha value is -3.40. The van der Waals surface area contributed by atoms with Crippen LogP contribution in [0, 0.1) is 11.7 Å². The summed E-state index contributed by atoms with van der Waals surface area (Å²) in [6, 6.07) is 8.08. The summed E-state index contributed by atoms with van der Waals surface area (Å²) in [5.41, 5.74) is -0.117. The van der Waals surface area contributed by atoms with Gasteiger partial charge < -0.3 is 15.0 Å². The number of carbonyl (C=O) groups excluding carboxylic acids is 1. The van der Waals surface area contributed by atoms with Crippen LogP contribution in [0.4, 0.5) is 13.2 Å². The van der Waals surface area contributed by atoms with E-state index in [4.69, 9.17) is 16.3 Å². The lowest BCUT2D eigenvalue weighted by atomic mass is 10.1. The summed E-state index contributed by atoms with van der Waals surface area (Å²) < 4.78 is 44.4. The standard InChI is InChI=1S/C22H20ClF3N4O3/c1-11(2)22(32)27-9-12-6-7-13(24)19(20(12)23)21-29-15(8-17(31)30-21)14-4-3-5-18(28-14)33-10-16(25)26/h3-8,11,16H,9-10H2,1-2H3,(H,27,32)(H,29,30,31). The number of halogens is 4. The number of nitrogens with zero attached hydrogens (tertiary/aromatic N) is 2. The van der Waals surface area contributed by atoms with E-state index in [1.807, 2.05) is 0 Å². The molecule has 7 nitrogen and oxygen atoms in total. The third-order valence-corrected chi connectivity index (χ3v) is 4.90. The number of hydrogen-bond donors (Lipinski definition) is 2. The minimum absolute atomic E-state index is 0.0265. The highest BCUT2D eigenvalue weighted by molar-refractivity contribution is 6.34. The van der Waals surface area contributed by atoms with E-state index in [0.717, 1.165) is 12.1 Å². The molecule has 2 N–H and O–H groups in total. The van der Waals surface area contributed by atoms with E-state index < -0.39 is 24.4 Å². The Balaban J connectivity index is 1.99. The molecule has 1 aromatic carbocycles. The molecule has 2 aromatic heterocycles. The Morgan fingerprint density at radius 1 is 1.18 bits per heavy atom. The fourth-order valence-electron chi connectivity index (χ4n) is 2.83. The van der Waals surface area contributed by atoms with Gasteiger partial charge in [-0.1, -0.05) is 37.6 Å². The maximum absolute atomic E-state index is 14.7. The molecule has 174 valence electrons. The van der Waals surface area contributed by atoms with Crippen LogP contribution >= 0.6 is 11.6 Å². The van der Waals surface area contributed by atoms with Crippen molar-refractivity contribution in [1.82, 2.24) is 20.3 Å². The molecule has 0 aliphatic carbocycles. The Morgan fingerprint density at radius 2 is 1.94 bits per heavy atom. The van der Waals surface area contributed by atoms with Crippen molar-refractivity contribution in [2.24, 2.45) is 5.92 Å². The molecule has 3 aromatic rings. The van der Waals surface area contributed by atoms with Gasteiger partial charge in [-0.05, 0) is 17.7 Å². The minimum atomic E-state index is -2.68. The minimum Gasteiger partial charge on any atom is -0.472 e. The number of aromatic amines is 1. The predicted octanol–water partition coefficient (Wildman–Crippen LogP) is 4.21. The molecule has 0 atom stereocenters. The predicted molar refractivity (Wildman–Crippen MR) is 117 cm³/mol. The molecule has 3 rings (SSSR count). The zero-order valence-corrected chi connectivity index (χ0v) is 18.4. The monoisotopic (exact) mass is 480 g/mol. The topological polar surface area (TPSA) is 97.0 Å². The molecule has 0 aliphatic heterocycles. The van der Waals surface area contributed by atoms with Gasteiger partial charge in [0.1, 0.15) is 11.6 Å². The van der Waals surface area contributed by atoms with Crippen LogP contribution in [0.5, 0.6) is 5.88 Å². The molecular formula is C22H20ClF3N4O3. The number of aromatic nitrogens is 3. The average molecular weight is 481 g/mol. The van der Waals surface area contributed by atoms with E-state index in [1.165, 1.54) is 24.3 Å². The zero-order valence-electron chi connectivity index (χ0n) is 17.7. The van der Waals surface area contributed by atoms with Gasteiger partial charge in [-0.2, -0.15) is 0 Å². The number of alkyl halides is 2. The van der Waals surface area contributed by atoms with Crippen LogP contribution in [0.1, 0.15) is 19.4 Å². The number of pyridine rings is 1. The summed E-state index contributed by atoms with van der Waals surface area (Å²) >= 11 is 6.40. The quantitative estimate of drug-likeness (QED) is 0.503. The lowest BCUT2D eigenvalue weighted by Gasteiger charge is -2.13. The Bertz CT molecular complexity index is 1220. The maximum Gasteiger partial charge on any atom is 0.272 e. The molecule has 0 saturated heterocycles. The van der Waals surface area contributed by atoms with Crippen molar-refractivity contribution in [2.45, 2.75) is 26.8 Å². The Morgan fingerprint density at radius 3 is 2.64 bits per heavy atom. The van der Waals surface area contributed by atoms with E-state index in [2.05, 4.69) is 20.3 Å². The van der Waals surface area contributed by atoms with Gasteiger partial charge in [-0.25, -0.2) is 23.1 Å². The summed E-state index contributed by atoms with van der Waals surface area (Å²) in [5.74, 6) is -1.42. The highest BCUT2D eigenvalue weighted by atomic mass is 35.5. The van der Waals surface area contributed by atoms with Crippen molar-refractivity contribution in [2.75, 3.05) is 6.61 Å². The molecule has 0 fully saturated rings. The Labute approximate surface area is 192 Å². The van der Waals surface area contributed by atoms with E-state index in [0.29, 0.717) is 5.56 Å². The molecule has 0 radical (unpaired) electrons. The van der Waals surface area contributed by atoms with Crippen molar-refractivity contribution < 1.29 is 22.7 Å². The van der Waals surface area contributed by atoms with Crippen molar-refractivity contribution in [3.05, 3.63) is 63.2 Å². The van der Waals surface area contributed by atoms with Gasteiger partial charge in [0.25, 0.3) is 12.0 Å². The second-order valence-corrected chi connectivity index (χ2v) is 7.69. The molecule has 0 aliphatic rings. The number of nitrogens with one attached hydrogen (secondary N) is 2. The summed E-state index contributed by atoms with van der Waals surface area (Å²) in [7, 11) is 0. The second kappa shape index (κ2) is 10.5. The number of H-pyrrole nitrogens is 1. The Kier molecular flexibility index (Phi) is 7.70. The lowest BCUT2D eigenvalue weighted by molar-refractivity contribution is -0.124. The van der Waals surface area contributed by atoms with E-state index in [-0.39, 0.29) is 52.0 Å². The molecule has 0 bridgehead atoms. The first kappa shape index (κ1) is 24.2. The first-order chi connectivity index (χ1) is 15.7. The van der Waals surface area contributed by atoms with Crippen molar-refractivity contribution in [1.29, 1.82) is 0 Å². The maximum atomic E-state index is 14.7. The molecule has 0 saturated carbocycles. The third kappa shape index (κ3) is 6.10. The summed E-state index contributed by atoms with van der Waals surface area (Å²) in [5, 5.41) is 2.67. The van der Waals surface area contributed by atoms with E-state index in [1.54, 1.807) is 13.8 Å². The van der Waals surface area contributed by atoms with Crippen LogP contribution in [0.25, 0.3) is 22.8 Å². The highest BCUT2D eigenvalue weighted by Crippen LogP contribution is 2.32. The van der Waals surface area contributed by atoms with Crippen LogP contribution in [-0.4, -0.2) is 33.9 Å². The number of rotatable bonds is 8. The number of carbonyl (C=O) groups is 1. The van der Waals surface area contributed by atoms with Crippen molar-refractivity contribution in [3.8, 4) is 28.7 Å². The number of benzene rings is 1. The zero-order chi connectivity index (χ0) is 24.1. The number of hydrogen-bond acceptors (Lipinski definition) is 5. The molecule has 0 unspecified atom stereocenters. The molecule has 1 amide bonds. The average Bonchev–Trinajstić information content (AvgIpc) is 2.76. The SMILES string of the molecule is CC(C)C(=O)NCc1ccc(F)c(-c2nc(-c3cccc(OCC(F)F)n3)cc(=O)[nH]2)c1Cl. The fourth-order valence-corrected chi connectivity index (χ4v) is 3.14. The van der Waals surface area contributed by atoms with E-state index in [9.17, 15) is 22.8 Å². The van der Waals surface area contributed by atoms with Gasteiger partial charge >= 0.3 is 0 Å². The van der Waals surface area contributed by atoms with Crippen molar-refractivity contribution >= 4 is 17.5 Å². The summed E-state index contributed by atoms with van der Waals surface area (Å²) in [6.07, 6.45) is -2.68. The second-order valence-electron chi connectivity index (χ2n) is 7.31. The largest absolute Gasteiger partial charge is 0.472 e. The van der Waals surface area contributed by atoms with Gasteiger partial charge in [0.2, 0.25) is 11.8 Å². The van der Waals surface area contributed by atoms with Crippen LogP contribution in [-0.2, 0) is 11.3 Å². The molecular weight excluding hydrogens is 461 g/mol. The molecule has 0 spiro atoms. The normalized spacial score (nSPS) is 11.2. The smallest absolute Gasteiger partial charge is 0.272 e. The number of amides is 1. The highest BCUT2D eigenvalue weighted by Gasteiger charge is 2.19. The van der Waals surface area contributed by atoms with Gasteiger partial charge in [0.05, 0.1) is 22.0 Å². The third-order valence-electron chi connectivity index (χ3n) is 4.47. The van der Waals surface area contributed by atoms with Gasteiger partial charge in [-0.15, -0.1) is 0 Å². The fraction of sp³-hybridized carbons (Fsp3) is 0.273. The first-order valence-electron chi connectivity index (χ1n) is 9.90. The van der Waals surface area contributed by atoms with Crippen molar-refractivity contribution in [3.63, 3.8) is 0 Å². The summed E-state index contributed by atoms with van der Waals surface area (Å²) in [4.78, 5) is 34.9. The van der Waals surface area contributed by atoms with E-state index >= 15 is 0 Å². The first-order valence-corrected chi connectivity index (χ1v) is 10.3. The lowest BCUT2D eigenvalue weighted by Crippen LogP contribution is -2.27. The van der Waals surface area contributed by atoms with Gasteiger partial charge in [-0.3, -0.25) is 9.59 Å². The molecule has 33 heavy (non-hydrogen) atoms. The van der Waals surface area contributed by atoms with Crippen LogP contribution in [0.15, 0.2) is 41.2 Å². The molecule has 11 heteroatoms. The van der Waals surface area contributed by atoms with Crippen LogP contribution < -0.4 is 15.6 Å². The number of ether oxygens (including phenoxy) is 1. The van der Waals surface area contributed by atoms with Crippen LogP contribution in [0.2, 0.25) is 5.02 Å². The van der Waals surface area contributed by atoms with Gasteiger partial charge in [0, 0.05) is 24.6 Å². The van der Waals surface area contributed by atoms with Gasteiger partial charge in [0.15, 0.2) is 6.61 Å².